The highest BCUT2D eigenvalue weighted by Crippen LogP contribution is 2.32. The van der Waals surface area contributed by atoms with E-state index >= 15 is 0 Å². The fourth-order valence-corrected chi connectivity index (χ4v) is 3.54. The van der Waals surface area contributed by atoms with Crippen LogP contribution in [0.3, 0.4) is 0 Å². The van der Waals surface area contributed by atoms with Crippen molar-refractivity contribution in [3.8, 4) is 0 Å². The van der Waals surface area contributed by atoms with E-state index in [-0.39, 0.29) is 5.56 Å². The number of imidazole rings is 1. The maximum atomic E-state index is 12.9. The molecule has 0 bridgehead atoms. The average Bonchev–Trinajstić information content (AvgIpc) is 3.10. The van der Waals surface area contributed by atoms with Gasteiger partial charge < -0.3 is 20.5 Å². The van der Waals surface area contributed by atoms with E-state index < -0.39 is 17.6 Å². The lowest BCUT2D eigenvalue weighted by molar-refractivity contribution is -0.137. The number of primary amides is 1. The van der Waals surface area contributed by atoms with Crippen molar-refractivity contribution in [2.45, 2.75) is 6.18 Å². The maximum Gasteiger partial charge on any atom is 0.416 e. The number of carbonyl (C=O) groups is 1. The molecule has 2 aromatic heterocycles. The van der Waals surface area contributed by atoms with Crippen molar-refractivity contribution in [1.29, 1.82) is 0 Å². The van der Waals surface area contributed by atoms with Gasteiger partial charge in [-0.05, 0) is 24.3 Å². The second kappa shape index (κ2) is 7.11. The number of fused-ring (bicyclic) bond motifs is 1. The minimum atomic E-state index is -4.40. The molecule has 1 saturated heterocycles. The number of aromatic amines is 1. The summed E-state index contributed by atoms with van der Waals surface area (Å²) in [7, 11) is 0. The number of nitrogens with one attached hydrogen (secondary N) is 1. The van der Waals surface area contributed by atoms with E-state index in [4.69, 9.17) is 17.3 Å². The zero-order chi connectivity index (χ0) is 20.8. The van der Waals surface area contributed by atoms with Gasteiger partial charge in [0, 0.05) is 32.4 Å². The number of pyridine rings is 1. The number of nitrogens with zero attached hydrogens (tertiary/aromatic N) is 4. The van der Waals surface area contributed by atoms with Crippen LogP contribution in [0, 0.1) is 0 Å². The standard InChI is InChI=1S/C18H16ClF3N6O/c19-12-7-10(15(23)29)9-24-16(12)27-3-5-28(6-4-27)17-25-13-2-1-11(18(20,21)22)8-14(13)26-17/h1-2,7-9H,3-6H2,(H2,23,29)(H,25,26). The van der Waals surface area contributed by atoms with Gasteiger partial charge in [0.1, 0.15) is 5.82 Å². The van der Waals surface area contributed by atoms with Crippen molar-refractivity contribution in [3.63, 3.8) is 0 Å². The Bertz CT molecular complexity index is 1080. The SMILES string of the molecule is NC(=O)c1cnc(N2CCN(c3nc4ccc(C(F)(F)F)cc4[nH]3)CC2)c(Cl)c1. The molecule has 11 heteroatoms. The number of nitrogens with two attached hydrogens (primary N) is 1. The number of rotatable bonds is 3. The second-order valence-electron chi connectivity index (χ2n) is 6.66. The number of alkyl halides is 3. The Morgan fingerprint density at radius 2 is 1.83 bits per heavy atom. The maximum absolute atomic E-state index is 12.9. The number of benzene rings is 1. The first-order chi connectivity index (χ1) is 13.7. The van der Waals surface area contributed by atoms with E-state index in [0.29, 0.717) is 54.0 Å². The summed E-state index contributed by atoms with van der Waals surface area (Å²) in [6.07, 6.45) is -3.02. The highest BCUT2D eigenvalue weighted by molar-refractivity contribution is 6.33. The van der Waals surface area contributed by atoms with Crippen LogP contribution in [-0.4, -0.2) is 47.0 Å². The average molecular weight is 425 g/mol. The Kier molecular flexibility index (Phi) is 4.73. The number of hydrogen-bond acceptors (Lipinski definition) is 5. The molecule has 1 fully saturated rings. The Labute approximate surface area is 168 Å². The molecule has 0 unspecified atom stereocenters. The van der Waals surface area contributed by atoms with E-state index in [1.807, 2.05) is 9.80 Å². The number of halogens is 4. The van der Waals surface area contributed by atoms with E-state index in [0.717, 1.165) is 12.1 Å². The largest absolute Gasteiger partial charge is 0.416 e. The second-order valence-corrected chi connectivity index (χ2v) is 7.07. The van der Waals surface area contributed by atoms with Gasteiger partial charge in [0.2, 0.25) is 11.9 Å². The number of piperazine rings is 1. The normalized spacial score (nSPS) is 15.2. The van der Waals surface area contributed by atoms with Crippen LogP contribution in [0.15, 0.2) is 30.5 Å². The van der Waals surface area contributed by atoms with Gasteiger partial charge in [-0.25, -0.2) is 9.97 Å². The number of carbonyl (C=O) groups excluding carboxylic acids is 1. The summed E-state index contributed by atoms with van der Waals surface area (Å²) in [6.45, 7) is 2.30. The van der Waals surface area contributed by atoms with Crippen molar-refractivity contribution < 1.29 is 18.0 Å². The molecule has 3 heterocycles. The highest BCUT2D eigenvalue weighted by Gasteiger charge is 2.31. The molecule has 29 heavy (non-hydrogen) atoms. The molecule has 0 spiro atoms. The molecule has 0 radical (unpaired) electrons. The summed E-state index contributed by atoms with van der Waals surface area (Å²) in [4.78, 5) is 26.7. The van der Waals surface area contributed by atoms with Crippen LogP contribution in [0.5, 0.6) is 0 Å². The Morgan fingerprint density at radius 3 is 2.45 bits per heavy atom. The Hall–Kier alpha value is -3.01. The van der Waals surface area contributed by atoms with Crippen LogP contribution < -0.4 is 15.5 Å². The molecule has 4 rings (SSSR count). The Balaban J connectivity index is 1.49. The van der Waals surface area contributed by atoms with E-state index in [9.17, 15) is 18.0 Å². The zero-order valence-electron chi connectivity index (χ0n) is 15.0. The van der Waals surface area contributed by atoms with Crippen LogP contribution in [-0.2, 0) is 6.18 Å². The first-order valence-corrected chi connectivity index (χ1v) is 9.12. The minimum absolute atomic E-state index is 0.234. The highest BCUT2D eigenvalue weighted by atomic mass is 35.5. The van der Waals surface area contributed by atoms with Gasteiger partial charge in [-0.15, -0.1) is 0 Å². The molecule has 1 aliphatic rings. The van der Waals surface area contributed by atoms with Gasteiger partial charge in [0.05, 0.1) is 27.2 Å². The van der Waals surface area contributed by atoms with Gasteiger partial charge in [-0.3, -0.25) is 4.79 Å². The van der Waals surface area contributed by atoms with Crippen LogP contribution >= 0.6 is 11.6 Å². The van der Waals surface area contributed by atoms with E-state index in [1.165, 1.54) is 18.3 Å². The minimum Gasteiger partial charge on any atom is -0.366 e. The molecular formula is C18H16ClF3N6O. The smallest absolute Gasteiger partial charge is 0.366 e. The lowest BCUT2D eigenvalue weighted by atomic mass is 10.2. The van der Waals surface area contributed by atoms with Crippen LogP contribution in [0.25, 0.3) is 11.0 Å². The van der Waals surface area contributed by atoms with Crippen molar-refractivity contribution in [3.05, 3.63) is 46.6 Å². The van der Waals surface area contributed by atoms with Crippen LogP contribution in [0.2, 0.25) is 5.02 Å². The predicted octanol–water partition coefficient (Wildman–Crippen LogP) is 3.06. The number of hydrogen-bond donors (Lipinski definition) is 2. The van der Waals surface area contributed by atoms with Crippen molar-refractivity contribution in [2.24, 2.45) is 5.73 Å². The summed E-state index contributed by atoms with van der Waals surface area (Å²) < 4.78 is 38.7. The lowest BCUT2D eigenvalue weighted by Gasteiger charge is -2.35. The van der Waals surface area contributed by atoms with Crippen molar-refractivity contribution in [2.75, 3.05) is 36.0 Å². The lowest BCUT2D eigenvalue weighted by Crippen LogP contribution is -2.47. The number of anilines is 2. The van der Waals surface area contributed by atoms with Crippen molar-refractivity contribution >= 4 is 40.3 Å². The van der Waals surface area contributed by atoms with E-state index in [2.05, 4.69) is 15.0 Å². The summed E-state index contributed by atoms with van der Waals surface area (Å²) in [5.41, 5.74) is 5.56. The third-order valence-corrected chi connectivity index (χ3v) is 5.06. The first kappa shape index (κ1) is 19.3. The molecule has 0 saturated carbocycles. The van der Waals surface area contributed by atoms with Crippen LogP contribution in [0.4, 0.5) is 24.9 Å². The third-order valence-electron chi connectivity index (χ3n) is 4.78. The summed E-state index contributed by atoms with van der Waals surface area (Å²) in [5.74, 6) is 0.465. The monoisotopic (exact) mass is 424 g/mol. The molecule has 7 nitrogen and oxygen atoms in total. The molecule has 1 amide bonds. The molecular weight excluding hydrogens is 409 g/mol. The predicted molar refractivity (Wildman–Crippen MR) is 103 cm³/mol. The van der Waals surface area contributed by atoms with Gasteiger partial charge in [-0.1, -0.05) is 11.6 Å². The summed E-state index contributed by atoms with van der Waals surface area (Å²) in [6, 6.07) is 4.93. The summed E-state index contributed by atoms with van der Waals surface area (Å²) >= 11 is 6.23. The quantitative estimate of drug-likeness (QED) is 0.674. The third kappa shape index (κ3) is 3.80. The van der Waals surface area contributed by atoms with Crippen molar-refractivity contribution in [1.82, 2.24) is 15.0 Å². The number of aromatic nitrogens is 3. The fraction of sp³-hybridized carbons (Fsp3) is 0.278. The number of H-pyrrole nitrogens is 1. The molecule has 1 aromatic carbocycles. The topological polar surface area (TPSA) is 91.1 Å². The van der Waals surface area contributed by atoms with Gasteiger partial charge in [0.15, 0.2) is 0 Å². The summed E-state index contributed by atoms with van der Waals surface area (Å²) in [5, 5.41) is 0.332. The molecule has 0 atom stereocenters. The molecule has 1 aliphatic heterocycles. The fourth-order valence-electron chi connectivity index (χ4n) is 3.25. The molecule has 3 aromatic rings. The van der Waals surface area contributed by atoms with E-state index in [1.54, 1.807) is 0 Å². The molecule has 3 N–H and O–H groups in total. The van der Waals surface area contributed by atoms with Gasteiger partial charge in [0.25, 0.3) is 0 Å². The Morgan fingerprint density at radius 1 is 1.14 bits per heavy atom. The van der Waals surface area contributed by atoms with Gasteiger partial charge in [-0.2, -0.15) is 13.2 Å². The molecule has 152 valence electrons. The zero-order valence-corrected chi connectivity index (χ0v) is 15.8. The number of amides is 1. The van der Waals surface area contributed by atoms with Gasteiger partial charge >= 0.3 is 6.18 Å². The van der Waals surface area contributed by atoms with Crippen LogP contribution in [0.1, 0.15) is 15.9 Å². The molecule has 0 aliphatic carbocycles. The first-order valence-electron chi connectivity index (χ1n) is 8.74.